The molecule has 0 aliphatic heterocycles. The lowest BCUT2D eigenvalue weighted by Crippen LogP contribution is -2.36. The number of aryl methyl sites for hydroxylation is 1. The van der Waals surface area contributed by atoms with Gasteiger partial charge >= 0.3 is 0 Å². The normalized spacial score (nSPS) is 15.5. The van der Waals surface area contributed by atoms with Crippen LogP contribution in [0.2, 0.25) is 0 Å². The van der Waals surface area contributed by atoms with Crippen LogP contribution < -0.4 is 5.32 Å². The molecule has 5 nitrogen and oxygen atoms in total. The first-order chi connectivity index (χ1) is 12.1. The molecular weight excluding hydrogens is 314 g/mol. The lowest BCUT2D eigenvalue weighted by Gasteiger charge is -2.15. The molecule has 1 aromatic heterocycles. The number of aromatic nitrogens is 2. The summed E-state index contributed by atoms with van der Waals surface area (Å²) in [7, 11) is 0. The van der Waals surface area contributed by atoms with Crippen molar-refractivity contribution in [1.82, 2.24) is 15.1 Å². The summed E-state index contributed by atoms with van der Waals surface area (Å²) in [5.74, 6) is 0.408. The Kier molecular flexibility index (Phi) is 5.34. The highest BCUT2D eigenvalue weighted by molar-refractivity contribution is 5.92. The van der Waals surface area contributed by atoms with E-state index in [2.05, 4.69) is 10.4 Å². The average molecular weight is 339 g/mol. The number of rotatable bonds is 7. The third-order valence-electron chi connectivity index (χ3n) is 4.71. The molecule has 3 rings (SSSR count). The molecule has 1 aliphatic rings. The van der Waals surface area contributed by atoms with Crippen molar-refractivity contribution in [3.05, 3.63) is 53.4 Å². The highest BCUT2D eigenvalue weighted by Gasteiger charge is 2.31. The molecular formula is C20H25N3O2. The zero-order valence-electron chi connectivity index (χ0n) is 14.8. The number of para-hydroxylation sites is 1. The Labute approximate surface area is 148 Å². The van der Waals surface area contributed by atoms with E-state index in [0.717, 1.165) is 35.5 Å². The first kappa shape index (κ1) is 17.4. The number of carbonyl (C=O) groups excluding carboxylic acids is 1. The van der Waals surface area contributed by atoms with E-state index in [1.54, 1.807) is 6.08 Å². The van der Waals surface area contributed by atoms with Crippen LogP contribution in [-0.2, 0) is 4.79 Å². The predicted octanol–water partition coefficient (Wildman–Crippen LogP) is 2.78. The minimum atomic E-state index is -0.114. The Morgan fingerprint density at radius 3 is 2.72 bits per heavy atom. The van der Waals surface area contributed by atoms with Gasteiger partial charge < -0.3 is 10.4 Å². The standard InChI is InChI=1S/C20H25N3O2/c1-14-18(15(2)23(22-14)17-6-4-3-5-7-17)10-11-20(25)21-19(12-13-24)16-8-9-16/h3-7,10-11,16,19,24H,8-9,12-13H2,1-2H3,(H,21,25)/b11-10+. The quantitative estimate of drug-likeness (QED) is 0.762. The van der Waals surface area contributed by atoms with Gasteiger partial charge in [0.25, 0.3) is 0 Å². The van der Waals surface area contributed by atoms with Gasteiger partial charge in [-0.15, -0.1) is 0 Å². The number of hydrogen-bond acceptors (Lipinski definition) is 3. The van der Waals surface area contributed by atoms with Crippen molar-refractivity contribution in [1.29, 1.82) is 0 Å². The van der Waals surface area contributed by atoms with Crippen molar-refractivity contribution in [3.8, 4) is 5.69 Å². The molecule has 1 atom stereocenters. The third kappa shape index (κ3) is 4.17. The van der Waals surface area contributed by atoms with Crippen molar-refractivity contribution < 1.29 is 9.90 Å². The fraction of sp³-hybridized carbons (Fsp3) is 0.400. The van der Waals surface area contributed by atoms with E-state index >= 15 is 0 Å². The van der Waals surface area contributed by atoms with E-state index in [1.165, 1.54) is 0 Å². The Morgan fingerprint density at radius 1 is 1.36 bits per heavy atom. The summed E-state index contributed by atoms with van der Waals surface area (Å²) in [4.78, 5) is 12.2. The topological polar surface area (TPSA) is 67.2 Å². The average Bonchev–Trinajstić information content (AvgIpc) is 3.41. The highest BCUT2D eigenvalue weighted by atomic mass is 16.3. The molecule has 132 valence electrons. The predicted molar refractivity (Wildman–Crippen MR) is 98.4 cm³/mol. The second kappa shape index (κ2) is 7.66. The number of aliphatic hydroxyl groups excluding tert-OH is 1. The van der Waals surface area contributed by atoms with Crippen molar-refractivity contribution in [2.45, 2.75) is 39.2 Å². The van der Waals surface area contributed by atoms with Gasteiger partial charge in [0.05, 0.1) is 11.4 Å². The van der Waals surface area contributed by atoms with Gasteiger partial charge in [-0.3, -0.25) is 4.79 Å². The molecule has 1 fully saturated rings. The maximum absolute atomic E-state index is 12.2. The molecule has 0 bridgehead atoms. The van der Waals surface area contributed by atoms with Gasteiger partial charge in [-0.05, 0) is 57.2 Å². The number of hydrogen-bond donors (Lipinski definition) is 2. The van der Waals surface area contributed by atoms with Crippen LogP contribution >= 0.6 is 0 Å². The summed E-state index contributed by atoms with van der Waals surface area (Å²) < 4.78 is 1.89. The van der Waals surface area contributed by atoms with E-state index in [9.17, 15) is 4.79 Å². The molecule has 1 heterocycles. The fourth-order valence-electron chi connectivity index (χ4n) is 3.17. The smallest absolute Gasteiger partial charge is 0.244 e. The lowest BCUT2D eigenvalue weighted by molar-refractivity contribution is -0.117. The molecule has 1 unspecified atom stereocenters. The number of benzene rings is 1. The van der Waals surface area contributed by atoms with E-state index in [-0.39, 0.29) is 18.6 Å². The number of carbonyl (C=O) groups is 1. The molecule has 2 N–H and O–H groups in total. The van der Waals surface area contributed by atoms with Crippen molar-refractivity contribution in [3.63, 3.8) is 0 Å². The fourth-order valence-corrected chi connectivity index (χ4v) is 3.17. The molecule has 1 amide bonds. The van der Waals surface area contributed by atoms with Crippen molar-refractivity contribution in [2.75, 3.05) is 6.61 Å². The Bertz CT molecular complexity index is 761. The van der Waals surface area contributed by atoms with Gasteiger partial charge in [-0.25, -0.2) is 4.68 Å². The maximum atomic E-state index is 12.2. The lowest BCUT2D eigenvalue weighted by atomic mass is 10.1. The number of nitrogens with one attached hydrogen (secondary N) is 1. The number of aliphatic hydroxyl groups is 1. The highest BCUT2D eigenvalue weighted by Crippen LogP contribution is 2.33. The first-order valence-electron chi connectivity index (χ1n) is 8.81. The van der Waals surface area contributed by atoms with Crippen LogP contribution in [0.25, 0.3) is 11.8 Å². The van der Waals surface area contributed by atoms with Crippen LogP contribution in [0.5, 0.6) is 0 Å². The van der Waals surface area contributed by atoms with Crippen LogP contribution in [0.1, 0.15) is 36.2 Å². The summed E-state index contributed by atoms with van der Waals surface area (Å²) in [5.41, 5.74) is 3.86. The van der Waals surface area contributed by atoms with Crippen molar-refractivity contribution >= 4 is 12.0 Å². The van der Waals surface area contributed by atoms with Gasteiger partial charge in [0, 0.05) is 30.0 Å². The second-order valence-corrected chi connectivity index (χ2v) is 6.63. The molecule has 5 heteroatoms. The SMILES string of the molecule is Cc1nn(-c2ccccc2)c(C)c1/C=C/C(=O)NC(CCO)C1CC1. The van der Waals surface area contributed by atoms with Gasteiger partial charge in [-0.1, -0.05) is 18.2 Å². The van der Waals surface area contributed by atoms with Crippen LogP contribution in [0.4, 0.5) is 0 Å². The summed E-state index contributed by atoms with van der Waals surface area (Å²) in [6, 6.07) is 10.0. The van der Waals surface area contributed by atoms with E-state index in [4.69, 9.17) is 5.11 Å². The zero-order valence-corrected chi connectivity index (χ0v) is 14.8. The minimum absolute atomic E-state index is 0.0800. The third-order valence-corrected chi connectivity index (χ3v) is 4.71. The van der Waals surface area contributed by atoms with Gasteiger partial charge in [0.15, 0.2) is 0 Å². The van der Waals surface area contributed by atoms with Crippen LogP contribution in [0.15, 0.2) is 36.4 Å². The van der Waals surface area contributed by atoms with Crippen molar-refractivity contribution in [2.24, 2.45) is 5.92 Å². The van der Waals surface area contributed by atoms with Gasteiger partial charge in [0.1, 0.15) is 0 Å². The van der Waals surface area contributed by atoms with Crippen LogP contribution in [0, 0.1) is 19.8 Å². The number of amides is 1. The van der Waals surface area contributed by atoms with E-state index < -0.39 is 0 Å². The molecule has 0 spiro atoms. The summed E-state index contributed by atoms with van der Waals surface area (Å²) in [6.07, 6.45) is 6.29. The van der Waals surface area contributed by atoms with Gasteiger partial charge in [0.2, 0.25) is 5.91 Å². The molecule has 1 aromatic carbocycles. The van der Waals surface area contributed by atoms with Gasteiger partial charge in [-0.2, -0.15) is 5.10 Å². The largest absolute Gasteiger partial charge is 0.396 e. The second-order valence-electron chi connectivity index (χ2n) is 6.63. The van der Waals surface area contributed by atoms with Crippen LogP contribution in [0.3, 0.4) is 0 Å². The monoisotopic (exact) mass is 339 g/mol. The Hall–Kier alpha value is -2.40. The zero-order chi connectivity index (χ0) is 17.8. The molecule has 2 aromatic rings. The number of nitrogens with zero attached hydrogens (tertiary/aromatic N) is 2. The molecule has 1 saturated carbocycles. The minimum Gasteiger partial charge on any atom is -0.396 e. The van der Waals surface area contributed by atoms with Crippen LogP contribution in [-0.4, -0.2) is 33.4 Å². The molecule has 1 aliphatic carbocycles. The summed E-state index contributed by atoms with van der Waals surface area (Å²) in [6.45, 7) is 4.05. The molecule has 0 radical (unpaired) electrons. The summed E-state index contributed by atoms with van der Waals surface area (Å²) in [5, 5.41) is 16.7. The Morgan fingerprint density at radius 2 is 2.08 bits per heavy atom. The molecule has 25 heavy (non-hydrogen) atoms. The Balaban J connectivity index is 1.73. The van der Waals surface area contributed by atoms with E-state index in [0.29, 0.717) is 12.3 Å². The first-order valence-corrected chi connectivity index (χ1v) is 8.81. The maximum Gasteiger partial charge on any atom is 0.244 e. The molecule has 0 saturated heterocycles. The van der Waals surface area contributed by atoms with E-state index in [1.807, 2.05) is 54.9 Å². The summed E-state index contributed by atoms with van der Waals surface area (Å²) >= 11 is 0.